The lowest BCUT2D eigenvalue weighted by molar-refractivity contribution is -0.126. The number of aromatic nitrogens is 1. The molecule has 0 saturated carbocycles. The molecule has 6 nitrogen and oxygen atoms in total. The quantitative estimate of drug-likeness (QED) is 0.677. The Balaban J connectivity index is 1.53. The summed E-state index contributed by atoms with van der Waals surface area (Å²) < 4.78 is 10.6. The van der Waals surface area contributed by atoms with Crippen LogP contribution in [0.3, 0.4) is 0 Å². The molecule has 0 aliphatic carbocycles. The number of hydrogen-bond donors (Lipinski definition) is 0. The molecule has 1 amide bonds. The van der Waals surface area contributed by atoms with E-state index in [0.717, 1.165) is 24.1 Å². The maximum Gasteiger partial charge on any atom is 0.341 e. The van der Waals surface area contributed by atoms with E-state index in [2.05, 4.69) is 4.98 Å². The average molecular weight is 350 g/mol. The number of para-hydroxylation sites is 2. The van der Waals surface area contributed by atoms with E-state index in [4.69, 9.17) is 9.15 Å². The molecule has 2 aromatic carbocycles. The number of nitrogens with zero attached hydrogens (tertiary/aromatic N) is 2. The van der Waals surface area contributed by atoms with E-state index in [0.29, 0.717) is 17.6 Å². The molecule has 1 atom stereocenters. The summed E-state index contributed by atoms with van der Waals surface area (Å²) in [7, 11) is 0. The monoisotopic (exact) mass is 350 g/mol. The third kappa shape index (κ3) is 2.83. The SMILES string of the molecule is CC(OC(=O)c1cccc2ocnc12)C(=O)N1CCCc2ccccc21. The zero-order valence-corrected chi connectivity index (χ0v) is 14.3. The van der Waals surface area contributed by atoms with Gasteiger partial charge in [0.1, 0.15) is 5.52 Å². The Morgan fingerprint density at radius 2 is 2.04 bits per heavy atom. The number of benzene rings is 2. The van der Waals surface area contributed by atoms with Gasteiger partial charge in [0.25, 0.3) is 5.91 Å². The number of oxazole rings is 1. The fourth-order valence-electron chi connectivity index (χ4n) is 3.31. The lowest BCUT2D eigenvalue weighted by Gasteiger charge is -2.31. The molecule has 2 heterocycles. The molecule has 0 saturated heterocycles. The maximum absolute atomic E-state index is 12.9. The van der Waals surface area contributed by atoms with Crippen molar-refractivity contribution in [3.05, 3.63) is 60.0 Å². The largest absolute Gasteiger partial charge is 0.449 e. The highest BCUT2D eigenvalue weighted by Crippen LogP contribution is 2.27. The second kappa shape index (κ2) is 6.63. The van der Waals surface area contributed by atoms with Crippen LogP contribution in [0.25, 0.3) is 11.1 Å². The lowest BCUT2D eigenvalue weighted by Crippen LogP contribution is -2.42. The van der Waals surface area contributed by atoms with E-state index in [1.54, 1.807) is 30.0 Å². The first kappa shape index (κ1) is 16.3. The molecular weight excluding hydrogens is 332 g/mol. The van der Waals surface area contributed by atoms with Gasteiger partial charge in [-0.05, 0) is 43.5 Å². The van der Waals surface area contributed by atoms with Crippen molar-refractivity contribution in [2.24, 2.45) is 0 Å². The molecule has 1 aromatic heterocycles. The van der Waals surface area contributed by atoms with Gasteiger partial charge in [-0.3, -0.25) is 4.79 Å². The van der Waals surface area contributed by atoms with Crippen molar-refractivity contribution >= 4 is 28.7 Å². The van der Waals surface area contributed by atoms with Gasteiger partial charge in [0.2, 0.25) is 0 Å². The van der Waals surface area contributed by atoms with Gasteiger partial charge in [-0.25, -0.2) is 9.78 Å². The van der Waals surface area contributed by atoms with Gasteiger partial charge in [-0.15, -0.1) is 0 Å². The van der Waals surface area contributed by atoms with E-state index in [1.807, 2.05) is 24.3 Å². The molecule has 4 rings (SSSR count). The summed E-state index contributed by atoms with van der Waals surface area (Å²) >= 11 is 0. The smallest absolute Gasteiger partial charge is 0.341 e. The highest BCUT2D eigenvalue weighted by atomic mass is 16.5. The van der Waals surface area contributed by atoms with Crippen LogP contribution in [0.2, 0.25) is 0 Å². The Hall–Kier alpha value is -3.15. The number of fused-ring (bicyclic) bond motifs is 2. The summed E-state index contributed by atoms with van der Waals surface area (Å²) in [6.07, 6.45) is 2.22. The zero-order valence-electron chi connectivity index (χ0n) is 14.3. The van der Waals surface area contributed by atoms with E-state index >= 15 is 0 Å². The Kier molecular flexibility index (Phi) is 4.16. The fraction of sp³-hybridized carbons (Fsp3) is 0.250. The van der Waals surface area contributed by atoms with Crippen molar-refractivity contribution in [3.8, 4) is 0 Å². The van der Waals surface area contributed by atoms with Gasteiger partial charge in [0.15, 0.2) is 18.1 Å². The van der Waals surface area contributed by atoms with Gasteiger partial charge in [0, 0.05) is 12.2 Å². The number of carbonyl (C=O) groups is 2. The molecule has 0 fully saturated rings. The average Bonchev–Trinajstić information content (AvgIpc) is 3.15. The van der Waals surface area contributed by atoms with Crippen LogP contribution in [-0.2, 0) is 16.0 Å². The van der Waals surface area contributed by atoms with Gasteiger partial charge >= 0.3 is 5.97 Å². The van der Waals surface area contributed by atoms with E-state index in [1.165, 1.54) is 6.39 Å². The molecule has 0 N–H and O–H groups in total. The first-order chi connectivity index (χ1) is 12.6. The maximum atomic E-state index is 12.9. The number of ether oxygens (including phenoxy) is 1. The van der Waals surface area contributed by atoms with Crippen molar-refractivity contribution in [1.29, 1.82) is 0 Å². The van der Waals surface area contributed by atoms with Crippen LogP contribution < -0.4 is 4.90 Å². The molecule has 132 valence electrons. The molecule has 0 spiro atoms. The number of anilines is 1. The summed E-state index contributed by atoms with van der Waals surface area (Å²) in [6.45, 7) is 2.22. The molecule has 26 heavy (non-hydrogen) atoms. The van der Waals surface area contributed by atoms with Crippen molar-refractivity contribution < 1.29 is 18.7 Å². The highest BCUT2D eigenvalue weighted by molar-refractivity contribution is 6.04. The number of hydrogen-bond acceptors (Lipinski definition) is 5. The first-order valence-electron chi connectivity index (χ1n) is 8.57. The molecule has 0 bridgehead atoms. The van der Waals surface area contributed by atoms with E-state index in [9.17, 15) is 9.59 Å². The minimum absolute atomic E-state index is 0.224. The molecule has 3 aromatic rings. The summed E-state index contributed by atoms with van der Waals surface area (Å²) in [6, 6.07) is 12.9. The Morgan fingerprint density at radius 1 is 1.19 bits per heavy atom. The van der Waals surface area contributed by atoms with Crippen molar-refractivity contribution in [3.63, 3.8) is 0 Å². The standard InChI is InChI=1S/C20H18N2O4/c1-13(19(23)22-11-5-7-14-6-2-3-9-16(14)22)26-20(24)15-8-4-10-17-18(15)21-12-25-17/h2-4,6,8-10,12-13H,5,7,11H2,1H3. The van der Waals surface area contributed by atoms with Gasteiger partial charge < -0.3 is 14.1 Å². The second-order valence-corrected chi connectivity index (χ2v) is 6.27. The molecule has 1 aliphatic rings. The number of carbonyl (C=O) groups excluding carboxylic acids is 2. The minimum Gasteiger partial charge on any atom is -0.449 e. The van der Waals surface area contributed by atoms with Gasteiger partial charge in [-0.1, -0.05) is 24.3 Å². The summed E-state index contributed by atoms with van der Waals surface area (Å²) in [5, 5.41) is 0. The summed E-state index contributed by atoms with van der Waals surface area (Å²) in [5.41, 5.74) is 3.25. The number of amides is 1. The molecule has 6 heteroatoms. The Morgan fingerprint density at radius 3 is 2.92 bits per heavy atom. The first-order valence-corrected chi connectivity index (χ1v) is 8.57. The predicted octanol–water partition coefficient (Wildman–Crippen LogP) is 3.35. The minimum atomic E-state index is -0.893. The molecular formula is C20H18N2O4. The van der Waals surface area contributed by atoms with Crippen LogP contribution in [0, 0.1) is 0 Å². The highest BCUT2D eigenvalue weighted by Gasteiger charge is 2.29. The van der Waals surface area contributed by atoms with Crippen molar-refractivity contribution in [2.45, 2.75) is 25.9 Å². The van der Waals surface area contributed by atoms with Gasteiger partial charge in [-0.2, -0.15) is 0 Å². The van der Waals surface area contributed by atoms with Crippen molar-refractivity contribution in [2.75, 3.05) is 11.4 Å². The fourth-order valence-corrected chi connectivity index (χ4v) is 3.31. The van der Waals surface area contributed by atoms with Crippen LogP contribution >= 0.6 is 0 Å². The lowest BCUT2D eigenvalue weighted by atomic mass is 10.0. The third-order valence-electron chi connectivity index (χ3n) is 4.59. The summed E-state index contributed by atoms with van der Waals surface area (Å²) in [4.78, 5) is 31.1. The Bertz CT molecular complexity index is 979. The van der Waals surface area contributed by atoms with Gasteiger partial charge in [0.05, 0.1) is 5.56 Å². The summed E-state index contributed by atoms with van der Waals surface area (Å²) in [5.74, 6) is -0.812. The van der Waals surface area contributed by atoms with E-state index < -0.39 is 12.1 Å². The predicted molar refractivity (Wildman–Crippen MR) is 96.0 cm³/mol. The van der Waals surface area contributed by atoms with Crippen LogP contribution in [0.5, 0.6) is 0 Å². The molecule has 1 unspecified atom stereocenters. The normalized spacial score (nSPS) is 14.7. The number of aryl methyl sites for hydroxylation is 1. The number of rotatable bonds is 3. The Labute approximate surface area is 150 Å². The number of esters is 1. The van der Waals surface area contributed by atoms with Crippen LogP contribution in [-0.4, -0.2) is 29.5 Å². The van der Waals surface area contributed by atoms with Crippen LogP contribution in [0.15, 0.2) is 53.3 Å². The van der Waals surface area contributed by atoms with Crippen LogP contribution in [0.1, 0.15) is 29.3 Å². The topological polar surface area (TPSA) is 72.6 Å². The molecule has 0 radical (unpaired) electrons. The third-order valence-corrected chi connectivity index (χ3v) is 4.59. The molecule has 1 aliphatic heterocycles. The van der Waals surface area contributed by atoms with E-state index in [-0.39, 0.29) is 11.5 Å². The van der Waals surface area contributed by atoms with Crippen molar-refractivity contribution in [1.82, 2.24) is 4.98 Å². The van der Waals surface area contributed by atoms with Crippen LogP contribution in [0.4, 0.5) is 5.69 Å². The zero-order chi connectivity index (χ0) is 18.1. The second-order valence-electron chi connectivity index (χ2n) is 6.27.